The summed E-state index contributed by atoms with van der Waals surface area (Å²) in [5.74, 6) is -0.294. The standard InChI is InChI=1S/C30H32F3N/c1-2-3-20-4-6-21(7-5-20)8-9-22-11-15-26-25(16-22)14-13-24(30(26)33)12-10-23-17-28(31)27(19-34)29(32)18-23/h11,13-18,20-21H,2-10,12H2,1H3. The molecular weight excluding hydrogens is 431 g/mol. The largest absolute Gasteiger partial charge is 0.206 e. The molecule has 0 radical (unpaired) electrons. The molecular formula is C30H32F3N. The van der Waals surface area contributed by atoms with Crippen LogP contribution in [0.2, 0.25) is 0 Å². The summed E-state index contributed by atoms with van der Waals surface area (Å²) in [6.45, 7) is 2.27. The Labute approximate surface area is 200 Å². The molecule has 1 saturated carbocycles. The molecule has 0 amide bonds. The van der Waals surface area contributed by atoms with E-state index in [-0.39, 0.29) is 5.82 Å². The van der Waals surface area contributed by atoms with E-state index in [1.165, 1.54) is 56.6 Å². The number of hydrogen-bond acceptors (Lipinski definition) is 1. The minimum absolute atomic E-state index is 0.270. The molecule has 1 aliphatic rings. The van der Waals surface area contributed by atoms with Gasteiger partial charge in [0.2, 0.25) is 0 Å². The molecule has 0 aliphatic heterocycles. The Morgan fingerprint density at radius 3 is 2.12 bits per heavy atom. The Morgan fingerprint density at radius 2 is 1.47 bits per heavy atom. The van der Waals surface area contributed by atoms with Gasteiger partial charge in [-0.05, 0) is 71.7 Å². The van der Waals surface area contributed by atoms with Crippen molar-refractivity contribution in [1.29, 1.82) is 5.26 Å². The molecule has 0 N–H and O–H groups in total. The van der Waals surface area contributed by atoms with Gasteiger partial charge in [0.1, 0.15) is 29.1 Å². The lowest BCUT2D eigenvalue weighted by Crippen LogP contribution is -2.15. The third-order valence-corrected chi connectivity index (χ3v) is 7.50. The molecule has 4 rings (SSSR count). The minimum atomic E-state index is -0.877. The molecule has 0 atom stereocenters. The van der Waals surface area contributed by atoms with Gasteiger partial charge in [-0.3, -0.25) is 0 Å². The molecule has 178 valence electrons. The van der Waals surface area contributed by atoms with Crippen LogP contribution in [0.25, 0.3) is 10.8 Å². The summed E-state index contributed by atoms with van der Waals surface area (Å²) in [5, 5.41) is 10.3. The van der Waals surface area contributed by atoms with Crippen molar-refractivity contribution in [1.82, 2.24) is 0 Å². The zero-order valence-corrected chi connectivity index (χ0v) is 19.8. The molecule has 0 bridgehead atoms. The van der Waals surface area contributed by atoms with E-state index in [2.05, 4.69) is 13.0 Å². The van der Waals surface area contributed by atoms with Crippen LogP contribution in [0.5, 0.6) is 0 Å². The van der Waals surface area contributed by atoms with Crippen molar-refractivity contribution < 1.29 is 13.2 Å². The maximum absolute atomic E-state index is 15.2. The predicted octanol–water partition coefficient (Wildman–Crippen LogP) is 8.45. The van der Waals surface area contributed by atoms with Crippen LogP contribution in [-0.2, 0) is 19.3 Å². The van der Waals surface area contributed by atoms with Crippen LogP contribution in [0.15, 0.2) is 42.5 Å². The first-order valence-corrected chi connectivity index (χ1v) is 12.6. The lowest BCUT2D eigenvalue weighted by Gasteiger charge is -2.28. The third kappa shape index (κ3) is 5.63. The Bertz CT molecular complexity index is 1160. The number of rotatable bonds is 8. The van der Waals surface area contributed by atoms with Crippen LogP contribution in [-0.4, -0.2) is 0 Å². The molecule has 3 aromatic carbocycles. The fourth-order valence-electron chi connectivity index (χ4n) is 5.48. The third-order valence-electron chi connectivity index (χ3n) is 7.50. The van der Waals surface area contributed by atoms with Gasteiger partial charge in [-0.25, -0.2) is 13.2 Å². The van der Waals surface area contributed by atoms with E-state index < -0.39 is 17.2 Å². The second-order valence-corrected chi connectivity index (χ2v) is 9.85. The predicted molar refractivity (Wildman–Crippen MR) is 131 cm³/mol. The summed E-state index contributed by atoms with van der Waals surface area (Å²) in [5.41, 5.74) is 1.60. The van der Waals surface area contributed by atoms with Gasteiger partial charge in [0.15, 0.2) is 0 Å². The van der Waals surface area contributed by atoms with Gasteiger partial charge < -0.3 is 0 Å². The number of fused-ring (bicyclic) bond motifs is 1. The molecule has 0 unspecified atom stereocenters. The number of nitriles is 1. The topological polar surface area (TPSA) is 23.8 Å². The molecule has 0 aromatic heterocycles. The van der Waals surface area contributed by atoms with E-state index in [9.17, 15) is 8.78 Å². The molecule has 0 heterocycles. The van der Waals surface area contributed by atoms with Gasteiger partial charge in [-0.2, -0.15) is 5.26 Å². The highest BCUT2D eigenvalue weighted by atomic mass is 19.1. The highest BCUT2D eigenvalue weighted by Gasteiger charge is 2.20. The first kappa shape index (κ1) is 24.3. The Balaban J connectivity index is 1.39. The van der Waals surface area contributed by atoms with Crippen molar-refractivity contribution in [2.45, 2.75) is 71.1 Å². The second-order valence-electron chi connectivity index (χ2n) is 9.85. The quantitative estimate of drug-likeness (QED) is 0.329. The van der Waals surface area contributed by atoms with Crippen molar-refractivity contribution in [2.75, 3.05) is 0 Å². The lowest BCUT2D eigenvalue weighted by atomic mass is 9.78. The second kappa shape index (κ2) is 11.1. The molecule has 1 nitrogen and oxygen atoms in total. The van der Waals surface area contributed by atoms with Crippen molar-refractivity contribution in [3.05, 3.63) is 82.2 Å². The molecule has 4 heteroatoms. The van der Waals surface area contributed by atoms with Gasteiger partial charge in [-0.1, -0.05) is 75.8 Å². The fourth-order valence-corrected chi connectivity index (χ4v) is 5.48. The Morgan fingerprint density at radius 1 is 0.794 bits per heavy atom. The van der Waals surface area contributed by atoms with Crippen molar-refractivity contribution in [3.63, 3.8) is 0 Å². The SMILES string of the molecule is CCCC1CCC(CCc2ccc3c(F)c(CCc4cc(F)c(C#N)c(F)c4)ccc3c2)CC1. The summed E-state index contributed by atoms with van der Waals surface area (Å²) in [4.78, 5) is 0. The monoisotopic (exact) mass is 463 g/mol. The Hall–Kier alpha value is -2.80. The van der Waals surface area contributed by atoms with Crippen LogP contribution in [0, 0.1) is 40.6 Å². The molecule has 3 aromatic rings. The summed E-state index contributed by atoms with van der Waals surface area (Å²) in [6.07, 6.45) is 10.9. The van der Waals surface area contributed by atoms with Crippen LogP contribution in [0.4, 0.5) is 13.2 Å². The maximum Gasteiger partial charge on any atom is 0.144 e. The normalized spacial score (nSPS) is 18.2. The zero-order valence-electron chi connectivity index (χ0n) is 19.8. The Kier molecular flexibility index (Phi) is 7.93. The van der Waals surface area contributed by atoms with Gasteiger partial charge in [0.05, 0.1) is 0 Å². The first-order valence-electron chi connectivity index (χ1n) is 12.6. The molecule has 1 aliphatic carbocycles. The van der Waals surface area contributed by atoms with Gasteiger partial charge in [0.25, 0.3) is 0 Å². The van der Waals surface area contributed by atoms with E-state index in [1.54, 1.807) is 6.07 Å². The van der Waals surface area contributed by atoms with E-state index in [1.807, 2.05) is 18.2 Å². The smallest absolute Gasteiger partial charge is 0.144 e. The lowest BCUT2D eigenvalue weighted by molar-refractivity contribution is 0.252. The number of aryl methyl sites for hydroxylation is 3. The zero-order chi connectivity index (χ0) is 24.1. The van der Waals surface area contributed by atoms with Crippen LogP contribution >= 0.6 is 0 Å². The van der Waals surface area contributed by atoms with E-state index in [0.717, 1.165) is 35.8 Å². The summed E-state index contributed by atoms with van der Waals surface area (Å²) < 4.78 is 42.9. The van der Waals surface area contributed by atoms with Gasteiger partial charge >= 0.3 is 0 Å². The number of halogens is 3. The summed E-state index contributed by atoms with van der Waals surface area (Å²) >= 11 is 0. The summed E-state index contributed by atoms with van der Waals surface area (Å²) in [7, 11) is 0. The number of hydrogen-bond donors (Lipinski definition) is 0. The molecule has 1 fully saturated rings. The minimum Gasteiger partial charge on any atom is -0.206 e. The first-order chi connectivity index (χ1) is 16.5. The van der Waals surface area contributed by atoms with Gasteiger partial charge in [-0.15, -0.1) is 0 Å². The average Bonchev–Trinajstić information content (AvgIpc) is 2.83. The fraction of sp³-hybridized carbons (Fsp3) is 0.433. The van der Waals surface area contributed by atoms with E-state index in [0.29, 0.717) is 29.4 Å². The van der Waals surface area contributed by atoms with Crippen molar-refractivity contribution in [2.24, 2.45) is 11.8 Å². The number of benzene rings is 3. The van der Waals surface area contributed by atoms with Crippen molar-refractivity contribution >= 4 is 10.8 Å². The molecule has 0 saturated heterocycles. The van der Waals surface area contributed by atoms with Crippen LogP contribution in [0.1, 0.15) is 74.1 Å². The van der Waals surface area contributed by atoms with Crippen LogP contribution in [0.3, 0.4) is 0 Å². The van der Waals surface area contributed by atoms with E-state index in [4.69, 9.17) is 5.26 Å². The molecule has 34 heavy (non-hydrogen) atoms. The van der Waals surface area contributed by atoms with E-state index >= 15 is 4.39 Å². The molecule has 0 spiro atoms. The highest BCUT2D eigenvalue weighted by Crippen LogP contribution is 2.34. The number of nitrogens with zero attached hydrogens (tertiary/aromatic N) is 1. The average molecular weight is 464 g/mol. The van der Waals surface area contributed by atoms with Gasteiger partial charge in [0, 0.05) is 5.39 Å². The highest BCUT2D eigenvalue weighted by molar-refractivity contribution is 5.84. The van der Waals surface area contributed by atoms with Crippen molar-refractivity contribution in [3.8, 4) is 6.07 Å². The summed E-state index contributed by atoms with van der Waals surface area (Å²) in [6, 6.07) is 13.5. The maximum atomic E-state index is 15.2. The van der Waals surface area contributed by atoms with Crippen LogP contribution < -0.4 is 0 Å².